The van der Waals surface area contributed by atoms with Crippen molar-refractivity contribution in [3.05, 3.63) is 12.2 Å². The van der Waals surface area contributed by atoms with Crippen molar-refractivity contribution in [2.45, 2.75) is 83.7 Å². The van der Waals surface area contributed by atoms with Crippen LogP contribution in [0.2, 0.25) is 0 Å². The number of aliphatic hydroxyl groups is 1. The van der Waals surface area contributed by atoms with E-state index in [-0.39, 0.29) is 6.10 Å². The van der Waals surface area contributed by atoms with E-state index in [1.807, 2.05) is 0 Å². The van der Waals surface area contributed by atoms with Crippen molar-refractivity contribution in [2.24, 2.45) is 0 Å². The van der Waals surface area contributed by atoms with Crippen molar-refractivity contribution >= 4 is 6.29 Å². The van der Waals surface area contributed by atoms with Gasteiger partial charge in [0.2, 0.25) is 0 Å². The van der Waals surface area contributed by atoms with E-state index in [2.05, 4.69) is 6.92 Å². The summed E-state index contributed by atoms with van der Waals surface area (Å²) in [5.74, 6) is 0. The molecule has 0 aliphatic rings. The zero-order chi connectivity index (χ0) is 13.5. The van der Waals surface area contributed by atoms with Crippen LogP contribution in [0.15, 0.2) is 12.2 Å². The van der Waals surface area contributed by atoms with Gasteiger partial charge in [-0.3, -0.25) is 4.79 Å². The molecule has 0 aromatic heterocycles. The Labute approximate surface area is 112 Å². The summed E-state index contributed by atoms with van der Waals surface area (Å²) in [6.07, 6.45) is 16.9. The van der Waals surface area contributed by atoms with E-state index in [1.54, 1.807) is 6.08 Å². The highest BCUT2D eigenvalue weighted by Crippen LogP contribution is 2.12. The molecule has 0 fully saturated rings. The molecule has 106 valence electrons. The maximum absolute atomic E-state index is 10.0. The van der Waals surface area contributed by atoms with Crippen LogP contribution < -0.4 is 0 Å². The van der Waals surface area contributed by atoms with Crippen molar-refractivity contribution in [2.75, 3.05) is 0 Å². The molecule has 0 bridgehead atoms. The van der Waals surface area contributed by atoms with Crippen molar-refractivity contribution in [3.8, 4) is 0 Å². The topological polar surface area (TPSA) is 37.3 Å². The molecule has 0 rings (SSSR count). The maximum Gasteiger partial charge on any atom is 0.142 e. The largest absolute Gasteiger partial charge is 0.393 e. The van der Waals surface area contributed by atoms with Crippen molar-refractivity contribution in [1.82, 2.24) is 0 Å². The molecule has 0 amide bonds. The zero-order valence-corrected chi connectivity index (χ0v) is 11.9. The third-order valence-corrected chi connectivity index (χ3v) is 3.26. The van der Waals surface area contributed by atoms with Crippen molar-refractivity contribution in [1.29, 1.82) is 0 Å². The van der Waals surface area contributed by atoms with Crippen LogP contribution in [0.5, 0.6) is 0 Å². The van der Waals surface area contributed by atoms with Crippen LogP contribution in [0.4, 0.5) is 0 Å². The van der Waals surface area contributed by atoms with Gasteiger partial charge in [-0.05, 0) is 18.9 Å². The summed E-state index contributed by atoms with van der Waals surface area (Å²) < 4.78 is 0. The summed E-state index contributed by atoms with van der Waals surface area (Å²) in [5, 5.41) is 9.61. The maximum atomic E-state index is 10.0. The van der Waals surface area contributed by atoms with Gasteiger partial charge in [-0.2, -0.15) is 0 Å². The van der Waals surface area contributed by atoms with Gasteiger partial charge in [0.25, 0.3) is 0 Å². The number of carbonyl (C=O) groups excluding carboxylic acids is 1. The van der Waals surface area contributed by atoms with Crippen LogP contribution in [0.25, 0.3) is 0 Å². The number of hydrogen-bond donors (Lipinski definition) is 1. The normalized spacial score (nSPS) is 13.0. The highest BCUT2D eigenvalue weighted by atomic mass is 16.3. The molecule has 1 atom stereocenters. The smallest absolute Gasteiger partial charge is 0.142 e. The van der Waals surface area contributed by atoms with Gasteiger partial charge in [0.1, 0.15) is 6.29 Å². The Hall–Kier alpha value is -0.630. The number of unbranched alkanes of at least 4 members (excludes halogenated alkanes) is 8. The van der Waals surface area contributed by atoms with Crippen LogP contribution in [-0.4, -0.2) is 17.5 Å². The van der Waals surface area contributed by atoms with Gasteiger partial charge >= 0.3 is 0 Å². The first kappa shape index (κ1) is 17.4. The summed E-state index contributed by atoms with van der Waals surface area (Å²) in [6.45, 7) is 2.25. The fraction of sp³-hybridized carbons (Fsp3) is 0.812. The first-order valence-electron chi connectivity index (χ1n) is 7.59. The monoisotopic (exact) mass is 254 g/mol. The average Bonchev–Trinajstić information content (AvgIpc) is 2.37. The molecule has 2 heteroatoms. The fourth-order valence-electron chi connectivity index (χ4n) is 2.10. The third-order valence-electron chi connectivity index (χ3n) is 3.26. The lowest BCUT2D eigenvalue weighted by Gasteiger charge is -2.07. The second kappa shape index (κ2) is 14.4. The Kier molecular flexibility index (Phi) is 13.9. The number of aldehydes is 1. The van der Waals surface area contributed by atoms with E-state index in [0.717, 1.165) is 19.1 Å². The minimum absolute atomic E-state index is 0.272. The summed E-state index contributed by atoms with van der Waals surface area (Å²) in [6, 6.07) is 0. The van der Waals surface area contributed by atoms with Gasteiger partial charge in [0.05, 0.1) is 6.10 Å². The van der Waals surface area contributed by atoms with Gasteiger partial charge in [-0.15, -0.1) is 0 Å². The first-order chi connectivity index (χ1) is 8.81. The number of hydrogen-bond acceptors (Lipinski definition) is 2. The summed E-state index contributed by atoms with van der Waals surface area (Å²) in [5.41, 5.74) is 0. The molecular formula is C16H30O2. The van der Waals surface area contributed by atoms with E-state index in [9.17, 15) is 9.90 Å². The highest BCUT2D eigenvalue weighted by Gasteiger charge is 2.00. The molecule has 0 aliphatic carbocycles. The summed E-state index contributed by atoms with van der Waals surface area (Å²) in [7, 11) is 0. The number of allylic oxidation sites excluding steroid dienone is 1. The first-order valence-corrected chi connectivity index (χ1v) is 7.59. The molecule has 1 unspecified atom stereocenters. The molecule has 0 spiro atoms. The minimum atomic E-state index is -0.272. The molecule has 0 heterocycles. The molecule has 0 saturated heterocycles. The van der Waals surface area contributed by atoms with Gasteiger partial charge in [-0.25, -0.2) is 0 Å². The molecule has 0 radical (unpaired) electrons. The molecular weight excluding hydrogens is 224 g/mol. The van der Waals surface area contributed by atoms with E-state index < -0.39 is 0 Å². The Morgan fingerprint density at radius 1 is 0.944 bits per heavy atom. The Bertz CT molecular complexity index is 199. The minimum Gasteiger partial charge on any atom is -0.393 e. The van der Waals surface area contributed by atoms with Crippen LogP contribution in [0.3, 0.4) is 0 Å². The molecule has 2 nitrogen and oxygen atoms in total. The highest BCUT2D eigenvalue weighted by molar-refractivity contribution is 5.64. The third kappa shape index (κ3) is 13.4. The molecule has 0 saturated carbocycles. The predicted octanol–water partition coefficient (Wildman–Crippen LogP) is 4.41. The van der Waals surface area contributed by atoms with E-state index in [1.165, 1.54) is 57.4 Å². The van der Waals surface area contributed by atoms with Crippen molar-refractivity contribution < 1.29 is 9.90 Å². The molecule has 0 aromatic rings. The predicted molar refractivity (Wildman–Crippen MR) is 77.7 cm³/mol. The lowest BCUT2D eigenvalue weighted by atomic mass is 10.0. The van der Waals surface area contributed by atoms with Crippen LogP contribution in [0.1, 0.15) is 77.6 Å². The van der Waals surface area contributed by atoms with E-state index >= 15 is 0 Å². The second-order valence-corrected chi connectivity index (χ2v) is 5.07. The van der Waals surface area contributed by atoms with Gasteiger partial charge in [0.15, 0.2) is 0 Å². The molecule has 18 heavy (non-hydrogen) atoms. The van der Waals surface area contributed by atoms with Gasteiger partial charge in [0, 0.05) is 0 Å². The number of aliphatic hydroxyl groups excluding tert-OH is 1. The Balaban J connectivity index is 3.14. The second-order valence-electron chi connectivity index (χ2n) is 5.07. The average molecular weight is 254 g/mol. The number of rotatable bonds is 13. The summed E-state index contributed by atoms with van der Waals surface area (Å²) in [4.78, 5) is 10.0. The van der Waals surface area contributed by atoms with E-state index in [4.69, 9.17) is 0 Å². The Morgan fingerprint density at radius 2 is 1.50 bits per heavy atom. The lowest BCUT2D eigenvalue weighted by molar-refractivity contribution is -0.104. The van der Waals surface area contributed by atoms with Crippen LogP contribution in [0, 0.1) is 0 Å². The number of carbonyl (C=O) groups is 1. The molecule has 1 N–H and O–H groups in total. The zero-order valence-electron chi connectivity index (χ0n) is 11.9. The van der Waals surface area contributed by atoms with Gasteiger partial charge < -0.3 is 5.11 Å². The van der Waals surface area contributed by atoms with Crippen molar-refractivity contribution in [3.63, 3.8) is 0 Å². The van der Waals surface area contributed by atoms with Crippen LogP contribution >= 0.6 is 0 Å². The summed E-state index contributed by atoms with van der Waals surface area (Å²) >= 11 is 0. The standard InChI is InChI=1S/C16H30O2/c1-2-3-4-5-6-7-8-9-10-13-16(18)14-11-12-15-17/h11-12,15-16,18H,2-10,13-14H2,1H3/b12-11+. The Morgan fingerprint density at radius 3 is 2.06 bits per heavy atom. The SMILES string of the molecule is CCCCCCCCCCCC(O)C/C=C/C=O. The molecule has 0 aliphatic heterocycles. The fourth-order valence-corrected chi connectivity index (χ4v) is 2.10. The van der Waals surface area contributed by atoms with Crippen LogP contribution in [-0.2, 0) is 4.79 Å². The van der Waals surface area contributed by atoms with E-state index in [0.29, 0.717) is 6.42 Å². The lowest BCUT2D eigenvalue weighted by Crippen LogP contribution is -2.04. The van der Waals surface area contributed by atoms with Gasteiger partial charge in [-0.1, -0.05) is 70.8 Å². The molecule has 0 aromatic carbocycles. The quantitative estimate of drug-likeness (QED) is 0.300.